The second kappa shape index (κ2) is 5.85. The summed E-state index contributed by atoms with van der Waals surface area (Å²) in [7, 11) is 0. The molecule has 1 saturated heterocycles. The smallest absolute Gasteiger partial charge is 0.0236 e. The van der Waals surface area contributed by atoms with Gasteiger partial charge in [-0.2, -0.15) is 0 Å². The first-order valence-corrected chi connectivity index (χ1v) is 7.44. The maximum absolute atomic E-state index is 3.65. The topological polar surface area (TPSA) is 15.3 Å². The van der Waals surface area contributed by atoms with Gasteiger partial charge < -0.3 is 5.32 Å². The van der Waals surface area contributed by atoms with Crippen LogP contribution in [0.4, 0.5) is 0 Å². The molecular formula is C16H24N2. The molecule has 1 aromatic rings. The zero-order chi connectivity index (χ0) is 12.2. The van der Waals surface area contributed by atoms with Crippen molar-refractivity contribution in [3.05, 3.63) is 35.4 Å². The van der Waals surface area contributed by atoms with Gasteiger partial charge in [0.1, 0.15) is 0 Å². The summed E-state index contributed by atoms with van der Waals surface area (Å²) in [6, 6.07) is 9.69. The molecule has 1 atom stereocenters. The third-order valence-electron chi connectivity index (χ3n) is 4.42. The Morgan fingerprint density at radius 2 is 2.06 bits per heavy atom. The van der Waals surface area contributed by atoms with Crippen LogP contribution in [0.5, 0.6) is 0 Å². The Bertz CT molecular complexity index is 382. The molecule has 2 heteroatoms. The van der Waals surface area contributed by atoms with E-state index in [1.807, 2.05) is 0 Å². The first-order valence-electron chi connectivity index (χ1n) is 7.44. The van der Waals surface area contributed by atoms with Gasteiger partial charge in [-0.25, -0.2) is 0 Å². The van der Waals surface area contributed by atoms with Crippen LogP contribution in [0.15, 0.2) is 24.3 Å². The van der Waals surface area contributed by atoms with Gasteiger partial charge in [-0.05, 0) is 49.9 Å². The lowest BCUT2D eigenvalue weighted by molar-refractivity contribution is 0.230. The number of fused-ring (bicyclic) bond motifs is 1. The van der Waals surface area contributed by atoms with Gasteiger partial charge in [0, 0.05) is 19.1 Å². The summed E-state index contributed by atoms with van der Waals surface area (Å²) in [6.07, 6.45) is 6.72. The Balaban J connectivity index is 1.50. The maximum Gasteiger partial charge on any atom is 0.0236 e. The molecule has 2 nitrogen and oxygen atoms in total. The lowest BCUT2D eigenvalue weighted by atomic mass is 9.98. The van der Waals surface area contributed by atoms with Crippen molar-refractivity contribution in [2.24, 2.45) is 0 Å². The SMILES string of the molecule is c1ccc2c(c1)CCN(CC[C@H]1CCCCN1)C2. The third kappa shape index (κ3) is 2.93. The quantitative estimate of drug-likeness (QED) is 0.879. The van der Waals surface area contributed by atoms with E-state index in [1.54, 1.807) is 11.1 Å². The van der Waals surface area contributed by atoms with Crippen molar-refractivity contribution in [1.29, 1.82) is 0 Å². The minimum absolute atomic E-state index is 0.774. The summed E-state index contributed by atoms with van der Waals surface area (Å²) in [6.45, 7) is 4.88. The molecule has 2 aliphatic heterocycles. The van der Waals surface area contributed by atoms with Gasteiger partial charge in [0.25, 0.3) is 0 Å². The molecule has 1 N–H and O–H groups in total. The van der Waals surface area contributed by atoms with Crippen LogP contribution in [-0.4, -0.2) is 30.6 Å². The number of piperidine rings is 1. The summed E-state index contributed by atoms with van der Waals surface area (Å²) in [4.78, 5) is 2.62. The van der Waals surface area contributed by atoms with Gasteiger partial charge in [-0.1, -0.05) is 30.7 Å². The Morgan fingerprint density at radius 1 is 1.17 bits per heavy atom. The standard InChI is InChI=1S/C16H24N2/c1-2-6-15-13-18(11-8-14(15)5-1)12-9-16-7-3-4-10-17-16/h1-2,5-6,16-17H,3-4,7-13H2/t16-/m1/s1. The number of hydrogen-bond acceptors (Lipinski definition) is 2. The van der Waals surface area contributed by atoms with Gasteiger partial charge in [-0.3, -0.25) is 4.90 Å². The normalized spacial score (nSPS) is 24.8. The van der Waals surface area contributed by atoms with Crippen LogP contribution in [0, 0.1) is 0 Å². The Morgan fingerprint density at radius 3 is 2.89 bits per heavy atom. The number of rotatable bonds is 3. The van der Waals surface area contributed by atoms with E-state index in [1.165, 1.54) is 51.7 Å². The van der Waals surface area contributed by atoms with Crippen molar-refractivity contribution in [2.45, 2.75) is 44.7 Å². The molecule has 2 heterocycles. The van der Waals surface area contributed by atoms with Crippen molar-refractivity contribution in [3.8, 4) is 0 Å². The molecule has 0 radical (unpaired) electrons. The van der Waals surface area contributed by atoms with E-state index in [2.05, 4.69) is 34.5 Å². The average molecular weight is 244 g/mol. The summed E-state index contributed by atoms with van der Waals surface area (Å²) < 4.78 is 0. The number of benzene rings is 1. The zero-order valence-electron chi connectivity index (χ0n) is 11.2. The average Bonchev–Trinajstić information content (AvgIpc) is 2.46. The van der Waals surface area contributed by atoms with Gasteiger partial charge in [0.05, 0.1) is 0 Å². The number of hydrogen-bond donors (Lipinski definition) is 1. The first-order chi connectivity index (χ1) is 8.92. The Kier molecular flexibility index (Phi) is 3.96. The molecule has 0 spiro atoms. The molecule has 0 aromatic heterocycles. The monoisotopic (exact) mass is 244 g/mol. The minimum atomic E-state index is 0.774. The molecule has 0 unspecified atom stereocenters. The first kappa shape index (κ1) is 12.2. The molecule has 0 aliphatic carbocycles. The van der Waals surface area contributed by atoms with Crippen LogP contribution in [0.2, 0.25) is 0 Å². The molecule has 2 aliphatic rings. The van der Waals surface area contributed by atoms with Crippen molar-refractivity contribution < 1.29 is 0 Å². The van der Waals surface area contributed by atoms with E-state index < -0.39 is 0 Å². The van der Waals surface area contributed by atoms with Crippen LogP contribution >= 0.6 is 0 Å². The van der Waals surface area contributed by atoms with E-state index in [4.69, 9.17) is 0 Å². The summed E-state index contributed by atoms with van der Waals surface area (Å²) in [5, 5.41) is 3.65. The van der Waals surface area contributed by atoms with E-state index in [0.717, 1.165) is 12.6 Å². The second-order valence-electron chi connectivity index (χ2n) is 5.73. The predicted octanol–water partition coefficient (Wildman–Crippen LogP) is 2.58. The van der Waals surface area contributed by atoms with Gasteiger partial charge in [0.15, 0.2) is 0 Å². The summed E-state index contributed by atoms with van der Waals surface area (Å²) >= 11 is 0. The Labute approximate surface area is 110 Å². The van der Waals surface area contributed by atoms with Crippen LogP contribution in [-0.2, 0) is 13.0 Å². The molecule has 0 bridgehead atoms. The van der Waals surface area contributed by atoms with Crippen LogP contribution < -0.4 is 5.32 Å². The lowest BCUT2D eigenvalue weighted by Gasteiger charge is -2.31. The fourth-order valence-electron chi connectivity index (χ4n) is 3.25. The van der Waals surface area contributed by atoms with Crippen molar-refractivity contribution >= 4 is 0 Å². The van der Waals surface area contributed by atoms with Crippen molar-refractivity contribution in [1.82, 2.24) is 10.2 Å². The molecule has 18 heavy (non-hydrogen) atoms. The third-order valence-corrected chi connectivity index (χ3v) is 4.42. The molecule has 0 saturated carbocycles. The Hall–Kier alpha value is -0.860. The second-order valence-corrected chi connectivity index (χ2v) is 5.73. The fraction of sp³-hybridized carbons (Fsp3) is 0.625. The minimum Gasteiger partial charge on any atom is -0.314 e. The molecule has 3 rings (SSSR count). The molecular weight excluding hydrogens is 220 g/mol. The maximum atomic E-state index is 3.65. The number of nitrogens with one attached hydrogen (secondary N) is 1. The van der Waals surface area contributed by atoms with Crippen molar-refractivity contribution in [2.75, 3.05) is 19.6 Å². The van der Waals surface area contributed by atoms with Crippen LogP contribution in [0.25, 0.3) is 0 Å². The highest BCUT2D eigenvalue weighted by molar-refractivity contribution is 5.28. The van der Waals surface area contributed by atoms with E-state index in [0.29, 0.717) is 0 Å². The van der Waals surface area contributed by atoms with Gasteiger partial charge in [-0.15, -0.1) is 0 Å². The van der Waals surface area contributed by atoms with E-state index in [9.17, 15) is 0 Å². The molecule has 1 aromatic carbocycles. The van der Waals surface area contributed by atoms with Crippen LogP contribution in [0.1, 0.15) is 36.8 Å². The zero-order valence-corrected chi connectivity index (χ0v) is 11.2. The largest absolute Gasteiger partial charge is 0.314 e. The predicted molar refractivity (Wildman–Crippen MR) is 75.7 cm³/mol. The highest BCUT2D eigenvalue weighted by Crippen LogP contribution is 2.19. The highest BCUT2D eigenvalue weighted by atomic mass is 15.1. The van der Waals surface area contributed by atoms with Gasteiger partial charge >= 0.3 is 0 Å². The molecule has 1 fully saturated rings. The van der Waals surface area contributed by atoms with E-state index >= 15 is 0 Å². The lowest BCUT2D eigenvalue weighted by Crippen LogP contribution is -2.38. The fourth-order valence-corrected chi connectivity index (χ4v) is 3.25. The molecule has 0 amide bonds. The summed E-state index contributed by atoms with van der Waals surface area (Å²) in [5.41, 5.74) is 3.10. The van der Waals surface area contributed by atoms with Gasteiger partial charge in [0.2, 0.25) is 0 Å². The summed E-state index contributed by atoms with van der Waals surface area (Å²) in [5.74, 6) is 0. The molecule has 98 valence electrons. The van der Waals surface area contributed by atoms with E-state index in [-0.39, 0.29) is 0 Å². The van der Waals surface area contributed by atoms with Crippen molar-refractivity contribution in [3.63, 3.8) is 0 Å². The highest BCUT2D eigenvalue weighted by Gasteiger charge is 2.18. The van der Waals surface area contributed by atoms with Crippen LogP contribution in [0.3, 0.4) is 0 Å². The number of nitrogens with zero attached hydrogens (tertiary/aromatic N) is 1.